The molecule has 0 amide bonds. The van der Waals surface area contributed by atoms with Crippen LogP contribution in [0.1, 0.15) is 0 Å². The highest BCUT2D eigenvalue weighted by atomic mass is 28.4. The Morgan fingerprint density at radius 2 is 1.17 bits per heavy atom. The van der Waals surface area contributed by atoms with Crippen molar-refractivity contribution >= 4 is 30.2 Å². The van der Waals surface area contributed by atoms with Crippen molar-refractivity contribution in [2.24, 2.45) is 0 Å². The lowest BCUT2D eigenvalue weighted by molar-refractivity contribution is -0.132. The van der Waals surface area contributed by atoms with Crippen LogP contribution in [-0.4, -0.2) is 35.3 Å². The van der Waals surface area contributed by atoms with Crippen molar-refractivity contribution in [3.05, 3.63) is 10.4 Å². The van der Waals surface area contributed by atoms with Crippen molar-refractivity contribution in [2.45, 2.75) is 65.0 Å². The largest absolute Gasteiger partial charge is 0.478 e. The SMILES string of the molecule is C[Si](C)(C)CC(C(=O)O)=C([Si](C)(C)C)[Si](C)(C)C. The van der Waals surface area contributed by atoms with Crippen LogP contribution in [0.15, 0.2) is 10.4 Å². The van der Waals surface area contributed by atoms with Gasteiger partial charge in [-0.05, 0) is 6.04 Å². The zero-order valence-electron chi connectivity index (χ0n) is 13.6. The first-order chi connectivity index (χ1) is 7.66. The predicted octanol–water partition coefficient (Wildman–Crippen LogP) is 4.46. The molecule has 0 radical (unpaired) electrons. The lowest BCUT2D eigenvalue weighted by Crippen LogP contribution is -2.43. The van der Waals surface area contributed by atoms with E-state index in [0.717, 1.165) is 11.6 Å². The molecule has 0 spiro atoms. The molecule has 0 aliphatic rings. The van der Waals surface area contributed by atoms with E-state index in [-0.39, 0.29) is 0 Å². The summed E-state index contributed by atoms with van der Waals surface area (Å²) in [5.41, 5.74) is 0.771. The fraction of sp³-hybridized carbons (Fsp3) is 0.769. The molecule has 0 aliphatic carbocycles. The van der Waals surface area contributed by atoms with E-state index in [1.165, 1.54) is 4.82 Å². The van der Waals surface area contributed by atoms with E-state index in [1.807, 2.05) is 0 Å². The van der Waals surface area contributed by atoms with Crippen LogP contribution >= 0.6 is 0 Å². The maximum Gasteiger partial charge on any atom is 0.330 e. The second-order valence-corrected chi connectivity index (χ2v) is 24.4. The average molecular weight is 303 g/mol. The smallest absolute Gasteiger partial charge is 0.330 e. The first kappa shape index (κ1) is 17.9. The fourth-order valence-electron chi connectivity index (χ4n) is 2.83. The Morgan fingerprint density at radius 1 is 0.833 bits per heavy atom. The van der Waals surface area contributed by atoms with Crippen molar-refractivity contribution in [3.63, 3.8) is 0 Å². The molecule has 5 heteroatoms. The summed E-state index contributed by atoms with van der Waals surface area (Å²) in [6.45, 7) is 20.5. The minimum Gasteiger partial charge on any atom is -0.478 e. The number of hydrogen-bond donors (Lipinski definition) is 1. The number of aliphatic carboxylic acids is 1. The molecule has 0 aliphatic heterocycles. The van der Waals surface area contributed by atoms with E-state index in [9.17, 15) is 9.90 Å². The molecule has 0 unspecified atom stereocenters. The van der Waals surface area contributed by atoms with Gasteiger partial charge in [-0.3, -0.25) is 0 Å². The van der Waals surface area contributed by atoms with Gasteiger partial charge in [-0.1, -0.05) is 63.7 Å². The molecule has 0 bridgehead atoms. The predicted molar refractivity (Wildman–Crippen MR) is 89.5 cm³/mol. The third-order valence-electron chi connectivity index (χ3n) is 2.77. The van der Waals surface area contributed by atoms with Gasteiger partial charge in [-0.15, -0.1) is 0 Å². The van der Waals surface area contributed by atoms with Crippen LogP contribution < -0.4 is 0 Å². The number of carboxylic acid groups (broad SMARTS) is 1. The van der Waals surface area contributed by atoms with Gasteiger partial charge in [0.15, 0.2) is 0 Å². The Morgan fingerprint density at radius 3 is 1.33 bits per heavy atom. The molecule has 0 fully saturated rings. The number of hydrogen-bond acceptors (Lipinski definition) is 1. The van der Waals surface area contributed by atoms with Crippen molar-refractivity contribution < 1.29 is 9.90 Å². The molecule has 2 nitrogen and oxygen atoms in total. The van der Waals surface area contributed by atoms with Gasteiger partial charge in [0.05, 0.1) is 16.1 Å². The summed E-state index contributed by atoms with van der Waals surface area (Å²) in [7, 11) is -4.53. The van der Waals surface area contributed by atoms with E-state index < -0.39 is 30.2 Å². The van der Waals surface area contributed by atoms with E-state index in [1.54, 1.807) is 0 Å². The van der Waals surface area contributed by atoms with Crippen LogP contribution in [0.4, 0.5) is 0 Å². The monoisotopic (exact) mass is 302 g/mol. The topological polar surface area (TPSA) is 37.3 Å². The maximum atomic E-state index is 11.7. The van der Waals surface area contributed by atoms with Crippen molar-refractivity contribution in [1.29, 1.82) is 0 Å². The quantitative estimate of drug-likeness (QED) is 0.601. The van der Waals surface area contributed by atoms with Crippen LogP contribution in [0, 0.1) is 0 Å². The summed E-state index contributed by atoms with van der Waals surface area (Å²) in [5.74, 6) is -0.669. The number of carboxylic acids is 1. The summed E-state index contributed by atoms with van der Waals surface area (Å²) in [5, 5.41) is 9.64. The maximum absolute atomic E-state index is 11.7. The Hall–Kier alpha value is -0.139. The van der Waals surface area contributed by atoms with E-state index in [2.05, 4.69) is 58.9 Å². The van der Waals surface area contributed by atoms with Crippen LogP contribution in [-0.2, 0) is 4.79 Å². The van der Waals surface area contributed by atoms with Gasteiger partial charge in [0.1, 0.15) is 0 Å². The molecule has 0 rings (SSSR count). The lowest BCUT2D eigenvalue weighted by Gasteiger charge is -2.34. The average Bonchev–Trinajstić information content (AvgIpc) is 1.93. The molecular weight excluding hydrogens is 272 g/mol. The number of rotatable bonds is 5. The molecule has 0 heterocycles. The second-order valence-electron chi connectivity index (χ2n) is 8.40. The highest BCUT2D eigenvalue weighted by Crippen LogP contribution is 2.32. The van der Waals surface area contributed by atoms with Gasteiger partial charge in [-0.2, -0.15) is 0 Å². The summed E-state index contributed by atoms with van der Waals surface area (Å²) < 4.78 is 0. The van der Waals surface area contributed by atoms with Gasteiger partial charge in [0.2, 0.25) is 0 Å². The molecular formula is C13H30O2Si3. The Kier molecular flexibility index (Phi) is 5.42. The van der Waals surface area contributed by atoms with Crippen molar-refractivity contribution in [3.8, 4) is 0 Å². The molecule has 0 saturated heterocycles. The van der Waals surface area contributed by atoms with Gasteiger partial charge in [0, 0.05) is 13.6 Å². The minimum atomic E-state index is -1.56. The van der Waals surface area contributed by atoms with Crippen LogP contribution in [0.2, 0.25) is 65.0 Å². The molecule has 18 heavy (non-hydrogen) atoms. The molecule has 0 aromatic rings. The molecule has 0 aromatic carbocycles. The highest BCUT2D eigenvalue weighted by Gasteiger charge is 2.36. The normalized spacial score (nSPS) is 13.4. The zero-order valence-corrected chi connectivity index (χ0v) is 16.6. The minimum absolute atomic E-state index is 0.669. The summed E-state index contributed by atoms with van der Waals surface area (Å²) in [4.78, 5) is 13.1. The van der Waals surface area contributed by atoms with Gasteiger partial charge in [0.25, 0.3) is 0 Å². The third-order valence-corrected chi connectivity index (χ3v) is 12.3. The van der Waals surface area contributed by atoms with Gasteiger partial charge >= 0.3 is 5.97 Å². The Bertz CT molecular complexity index is 336. The Balaban J connectivity index is 5.99. The first-order valence-corrected chi connectivity index (χ1v) is 17.3. The van der Waals surface area contributed by atoms with Crippen LogP contribution in [0.5, 0.6) is 0 Å². The van der Waals surface area contributed by atoms with Gasteiger partial charge in [-0.25, -0.2) is 4.79 Å². The number of carbonyl (C=O) groups is 1. The molecule has 1 N–H and O–H groups in total. The van der Waals surface area contributed by atoms with E-state index >= 15 is 0 Å². The van der Waals surface area contributed by atoms with Crippen molar-refractivity contribution in [1.82, 2.24) is 0 Å². The summed E-state index contributed by atoms with van der Waals surface area (Å²) in [6.07, 6.45) is 0. The van der Waals surface area contributed by atoms with E-state index in [4.69, 9.17) is 0 Å². The summed E-state index contributed by atoms with van der Waals surface area (Å²) >= 11 is 0. The van der Waals surface area contributed by atoms with Crippen LogP contribution in [0.25, 0.3) is 0 Å². The Labute approximate surface area is 116 Å². The highest BCUT2D eigenvalue weighted by molar-refractivity contribution is 7.05. The van der Waals surface area contributed by atoms with Gasteiger partial charge < -0.3 is 5.11 Å². The fourth-order valence-corrected chi connectivity index (χ4v) is 15.8. The molecule has 106 valence electrons. The zero-order chi connectivity index (χ0) is 14.9. The standard InChI is InChI=1S/C13H30O2Si3/c1-16(2,3)10-11(12(14)15)13(17(4,5)6)18(7,8)9/h10H2,1-9H3,(H,14,15). The van der Waals surface area contributed by atoms with Crippen molar-refractivity contribution in [2.75, 3.05) is 0 Å². The molecule has 0 aromatic heterocycles. The second kappa shape index (κ2) is 5.46. The molecule has 0 atom stereocenters. The summed E-state index contributed by atoms with van der Waals surface area (Å²) in [6, 6.07) is 0.812. The van der Waals surface area contributed by atoms with Crippen LogP contribution in [0.3, 0.4) is 0 Å². The first-order valence-electron chi connectivity index (χ1n) is 6.63. The van der Waals surface area contributed by atoms with E-state index in [0.29, 0.717) is 0 Å². The molecule has 0 saturated carbocycles. The third kappa shape index (κ3) is 5.67. The lowest BCUT2D eigenvalue weighted by atomic mass is 10.3.